The van der Waals surface area contributed by atoms with Crippen molar-refractivity contribution in [3.63, 3.8) is 0 Å². The monoisotopic (exact) mass is 950 g/mol. The topological polar surface area (TPSA) is 6.48 Å². The smallest absolute Gasteiger partial charge is 0.0459 e. The Bertz CT molecular complexity index is 3340. The van der Waals surface area contributed by atoms with Gasteiger partial charge in [0, 0.05) is 51.7 Å². The summed E-state index contributed by atoms with van der Waals surface area (Å²) in [6, 6.07) is 94.4. The van der Waals surface area contributed by atoms with Crippen molar-refractivity contribution in [2.24, 2.45) is 0 Å². The van der Waals surface area contributed by atoms with Gasteiger partial charge in [-0.15, -0.1) is 0 Å². The van der Waals surface area contributed by atoms with Crippen LogP contribution in [0.2, 0.25) is 0 Å². The van der Waals surface area contributed by atoms with Crippen molar-refractivity contribution >= 4 is 33.9 Å². The third-order valence-electron chi connectivity index (χ3n) is 16.1. The third kappa shape index (κ3) is 8.57. The summed E-state index contributed by atoms with van der Waals surface area (Å²) in [7, 11) is 0. The predicted octanol–water partition coefficient (Wildman–Crippen LogP) is 18.5. The second-order valence-electron chi connectivity index (χ2n) is 20.4. The fourth-order valence-electron chi connectivity index (χ4n) is 12.3. The molecule has 0 amide bonds. The maximum absolute atomic E-state index is 2.44. The minimum absolute atomic E-state index is 0.103. The summed E-state index contributed by atoms with van der Waals surface area (Å²) in [5.41, 5.74) is 25.3. The van der Waals surface area contributed by atoms with Crippen LogP contribution in [0.1, 0.15) is 87.7 Å². The van der Waals surface area contributed by atoms with E-state index in [1.165, 1.54) is 108 Å². The summed E-state index contributed by atoms with van der Waals surface area (Å²) >= 11 is 0. The van der Waals surface area contributed by atoms with E-state index in [0.717, 1.165) is 48.4 Å². The third-order valence-corrected chi connectivity index (χ3v) is 16.1. The molecule has 1 fully saturated rings. The number of rotatable bonds is 12. The van der Waals surface area contributed by atoms with E-state index in [-0.39, 0.29) is 5.41 Å². The van der Waals surface area contributed by atoms with E-state index in [4.69, 9.17) is 0 Å². The van der Waals surface area contributed by atoms with Crippen LogP contribution in [-0.4, -0.2) is 0 Å². The van der Waals surface area contributed by atoms with Gasteiger partial charge in [0.2, 0.25) is 0 Å². The number of hydrogen-bond acceptors (Lipinski definition) is 2. The van der Waals surface area contributed by atoms with Crippen LogP contribution in [0.4, 0.5) is 22.7 Å². The highest BCUT2D eigenvalue weighted by atomic mass is 15.1. The van der Waals surface area contributed by atoms with Crippen LogP contribution in [-0.2, 0) is 18.3 Å². The standard InChI is InChI=1S/C72H58N2/c1-6-20-52(21-7-1)70(53-22-8-2-9-23-53)50-73(64-40-42-68-58(48-64)46-56-28-14-16-30-66(56)68)62-36-32-60(33-37-62)72(44-18-5-19-45-72)61-34-38-63(39-35-61)74(51-71(54-24-10-3-11-25-54)55-26-12-4-13-27-55)65-41-43-69-59(49-65)47-57-29-15-17-31-67(57)69/h1-4,6-17,20-43,48-51H,5,18-19,44-47H2. The highest BCUT2D eigenvalue weighted by Gasteiger charge is 2.36. The Morgan fingerprint density at radius 3 is 1.00 bits per heavy atom. The predicted molar refractivity (Wildman–Crippen MR) is 310 cm³/mol. The lowest BCUT2D eigenvalue weighted by atomic mass is 9.65. The van der Waals surface area contributed by atoms with E-state index in [9.17, 15) is 0 Å². The van der Waals surface area contributed by atoms with E-state index >= 15 is 0 Å². The molecule has 0 aliphatic heterocycles. The summed E-state index contributed by atoms with van der Waals surface area (Å²) in [5, 5.41) is 0. The molecule has 1 saturated carbocycles. The molecule has 10 aromatic carbocycles. The van der Waals surface area contributed by atoms with Crippen molar-refractivity contribution in [1.29, 1.82) is 0 Å². The van der Waals surface area contributed by atoms with Gasteiger partial charge in [-0.2, -0.15) is 0 Å². The van der Waals surface area contributed by atoms with E-state index in [2.05, 4.69) is 277 Å². The summed E-state index contributed by atoms with van der Waals surface area (Å²) in [4.78, 5) is 4.84. The van der Waals surface area contributed by atoms with Crippen LogP contribution in [0.25, 0.3) is 33.4 Å². The first-order chi connectivity index (χ1) is 36.6. The van der Waals surface area contributed by atoms with Crippen LogP contribution < -0.4 is 9.80 Å². The quantitative estimate of drug-likeness (QED) is 0.120. The van der Waals surface area contributed by atoms with Gasteiger partial charge in [0.25, 0.3) is 0 Å². The lowest BCUT2D eigenvalue weighted by Gasteiger charge is -2.39. The molecule has 0 heterocycles. The molecule has 0 aromatic heterocycles. The molecule has 0 spiro atoms. The number of fused-ring (bicyclic) bond motifs is 6. The molecule has 3 aliphatic rings. The molecule has 0 bridgehead atoms. The van der Waals surface area contributed by atoms with E-state index < -0.39 is 0 Å². The van der Waals surface area contributed by atoms with Gasteiger partial charge in [0.1, 0.15) is 0 Å². The van der Waals surface area contributed by atoms with Gasteiger partial charge in [-0.1, -0.05) is 226 Å². The summed E-state index contributed by atoms with van der Waals surface area (Å²) in [6.45, 7) is 0. The molecule has 3 aliphatic carbocycles. The number of nitrogens with zero attached hydrogens (tertiary/aromatic N) is 2. The number of benzene rings is 10. The molecule has 13 rings (SSSR count). The summed E-state index contributed by atoms with van der Waals surface area (Å²) in [5.74, 6) is 0. The highest BCUT2D eigenvalue weighted by molar-refractivity contribution is 5.88. The van der Waals surface area contributed by atoms with Crippen molar-refractivity contribution in [3.8, 4) is 22.3 Å². The zero-order chi connectivity index (χ0) is 49.3. The fourth-order valence-corrected chi connectivity index (χ4v) is 12.3. The Morgan fingerprint density at radius 1 is 0.297 bits per heavy atom. The van der Waals surface area contributed by atoms with Crippen LogP contribution in [0.3, 0.4) is 0 Å². The first-order valence-corrected chi connectivity index (χ1v) is 26.5. The Balaban J connectivity index is 0.896. The van der Waals surface area contributed by atoms with Gasteiger partial charge >= 0.3 is 0 Å². The normalized spacial score (nSPS) is 13.7. The highest BCUT2D eigenvalue weighted by Crippen LogP contribution is 2.48. The number of anilines is 4. The second kappa shape index (κ2) is 19.7. The van der Waals surface area contributed by atoms with Crippen molar-refractivity contribution in [2.45, 2.75) is 50.4 Å². The average molecular weight is 951 g/mol. The maximum atomic E-state index is 2.44. The minimum atomic E-state index is -0.103. The summed E-state index contributed by atoms with van der Waals surface area (Å²) < 4.78 is 0. The van der Waals surface area contributed by atoms with Gasteiger partial charge in [0.15, 0.2) is 0 Å². The average Bonchev–Trinajstić information content (AvgIpc) is 4.05. The summed E-state index contributed by atoms with van der Waals surface area (Å²) in [6.07, 6.45) is 12.5. The molecule has 356 valence electrons. The van der Waals surface area contributed by atoms with Gasteiger partial charge in [-0.25, -0.2) is 0 Å². The Morgan fingerprint density at radius 2 is 0.622 bits per heavy atom. The largest absolute Gasteiger partial charge is 0.317 e. The van der Waals surface area contributed by atoms with Gasteiger partial charge in [0.05, 0.1) is 0 Å². The number of hydrogen-bond donors (Lipinski definition) is 0. The Kier molecular flexibility index (Phi) is 12.0. The zero-order valence-corrected chi connectivity index (χ0v) is 41.7. The van der Waals surface area contributed by atoms with Crippen LogP contribution in [0.15, 0.2) is 267 Å². The second-order valence-corrected chi connectivity index (χ2v) is 20.4. The van der Waals surface area contributed by atoms with Crippen molar-refractivity contribution < 1.29 is 0 Å². The van der Waals surface area contributed by atoms with Gasteiger partial charge in [-0.3, -0.25) is 0 Å². The molecule has 2 heteroatoms. The van der Waals surface area contributed by atoms with Crippen molar-refractivity contribution in [2.75, 3.05) is 9.80 Å². The molecule has 74 heavy (non-hydrogen) atoms. The molecule has 0 unspecified atom stereocenters. The lowest BCUT2D eigenvalue weighted by molar-refractivity contribution is 0.346. The van der Waals surface area contributed by atoms with Crippen molar-refractivity contribution in [3.05, 3.63) is 323 Å². The fraction of sp³-hybridized carbons (Fsp3) is 0.111. The first-order valence-electron chi connectivity index (χ1n) is 26.5. The van der Waals surface area contributed by atoms with Gasteiger partial charge < -0.3 is 9.80 Å². The molecule has 0 radical (unpaired) electrons. The molecule has 2 nitrogen and oxygen atoms in total. The molecule has 0 atom stereocenters. The lowest BCUT2D eigenvalue weighted by Crippen LogP contribution is -2.30. The zero-order valence-electron chi connectivity index (χ0n) is 41.7. The van der Waals surface area contributed by atoms with Crippen LogP contribution >= 0.6 is 0 Å². The van der Waals surface area contributed by atoms with Crippen molar-refractivity contribution in [1.82, 2.24) is 0 Å². The maximum Gasteiger partial charge on any atom is 0.0459 e. The minimum Gasteiger partial charge on any atom is -0.317 e. The van der Waals surface area contributed by atoms with Crippen LogP contribution in [0.5, 0.6) is 0 Å². The van der Waals surface area contributed by atoms with Crippen LogP contribution in [0, 0.1) is 0 Å². The first kappa shape index (κ1) is 45.2. The van der Waals surface area contributed by atoms with E-state index in [0.29, 0.717) is 0 Å². The molecule has 10 aromatic rings. The Labute approximate surface area is 436 Å². The molecule has 0 N–H and O–H groups in total. The Hall–Kier alpha value is -8.72. The van der Waals surface area contributed by atoms with E-state index in [1.807, 2.05) is 0 Å². The molecular weight excluding hydrogens is 893 g/mol. The molecule has 0 saturated heterocycles. The van der Waals surface area contributed by atoms with Gasteiger partial charge in [-0.05, 0) is 152 Å². The molecular formula is C72H58N2. The SMILES string of the molecule is C(=C(c1ccccc1)c1ccccc1)N(c1ccc(C2(c3ccc(N(C=C(c4ccccc4)c4ccccc4)c4ccc5c(c4)Cc4ccccc4-5)cc3)CCCCC2)cc1)c1ccc2c(c1)Cc1ccccc1-2. The van der Waals surface area contributed by atoms with E-state index in [1.54, 1.807) is 0 Å².